The van der Waals surface area contributed by atoms with Crippen molar-refractivity contribution in [3.8, 4) is 0 Å². The lowest BCUT2D eigenvalue weighted by Gasteiger charge is -2.39. The van der Waals surface area contributed by atoms with Crippen LogP contribution in [0.5, 0.6) is 0 Å². The second-order valence-electron chi connectivity index (χ2n) is 8.63. The van der Waals surface area contributed by atoms with Crippen molar-refractivity contribution in [2.24, 2.45) is 5.41 Å². The van der Waals surface area contributed by atoms with E-state index >= 15 is 0 Å². The highest BCUT2D eigenvalue weighted by atomic mass is 16.6. The minimum absolute atomic E-state index is 0.125. The maximum atomic E-state index is 13.4. The molecule has 2 aromatic rings. The van der Waals surface area contributed by atoms with Crippen molar-refractivity contribution in [1.29, 1.82) is 0 Å². The molecular weight excluding hydrogens is 376 g/mol. The standard InChI is InChI=1S/C25H32N2O3/c1-7-11-22(25(4,5)6)27(23(28)21-15-18(2)14-19(3)16-21)26-24(29)30-17-20-12-9-8-10-13-20/h7-10,12-16,22H,1,11,17H2,2-6H3,(H,26,29). The van der Waals surface area contributed by atoms with Gasteiger partial charge >= 0.3 is 6.09 Å². The molecule has 0 aromatic heterocycles. The van der Waals surface area contributed by atoms with E-state index in [1.54, 1.807) is 6.08 Å². The molecule has 0 aliphatic heterocycles. The van der Waals surface area contributed by atoms with Crippen LogP contribution in [0.25, 0.3) is 0 Å². The van der Waals surface area contributed by atoms with Crippen LogP contribution in [-0.4, -0.2) is 23.1 Å². The third kappa shape index (κ3) is 6.48. The quantitative estimate of drug-likeness (QED) is 0.501. The predicted molar refractivity (Wildman–Crippen MR) is 120 cm³/mol. The number of hydrazine groups is 1. The zero-order chi connectivity index (χ0) is 22.3. The van der Waals surface area contributed by atoms with Gasteiger partial charge in [0.05, 0.1) is 6.04 Å². The van der Waals surface area contributed by atoms with Crippen molar-refractivity contribution in [3.63, 3.8) is 0 Å². The molecule has 0 fully saturated rings. The molecule has 0 aliphatic carbocycles. The lowest BCUT2D eigenvalue weighted by atomic mass is 9.84. The smallest absolute Gasteiger partial charge is 0.426 e. The van der Waals surface area contributed by atoms with Crippen LogP contribution in [0, 0.1) is 19.3 Å². The first-order valence-electron chi connectivity index (χ1n) is 10.1. The average Bonchev–Trinajstić information content (AvgIpc) is 2.67. The van der Waals surface area contributed by atoms with Crippen LogP contribution < -0.4 is 5.43 Å². The van der Waals surface area contributed by atoms with Gasteiger partial charge in [-0.2, -0.15) is 0 Å². The Labute approximate surface area is 179 Å². The number of hydrogen-bond donors (Lipinski definition) is 1. The third-order valence-electron chi connectivity index (χ3n) is 4.81. The first-order chi connectivity index (χ1) is 14.1. The Hall–Kier alpha value is -3.08. The van der Waals surface area contributed by atoms with Crippen molar-refractivity contribution in [1.82, 2.24) is 10.4 Å². The lowest BCUT2D eigenvalue weighted by molar-refractivity contribution is 0.0280. The molecule has 2 aromatic carbocycles. The summed E-state index contributed by atoms with van der Waals surface area (Å²) >= 11 is 0. The molecular formula is C25H32N2O3. The molecule has 2 amide bonds. The summed E-state index contributed by atoms with van der Waals surface area (Å²) in [4.78, 5) is 26.0. The van der Waals surface area contributed by atoms with E-state index < -0.39 is 6.09 Å². The van der Waals surface area contributed by atoms with Crippen LogP contribution in [0.1, 0.15) is 54.2 Å². The summed E-state index contributed by atoms with van der Waals surface area (Å²) < 4.78 is 5.36. The number of amides is 2. The fourth-order valence-corrected chi connectivity index (χ4v) is 3.37. The van der Waals surface area contributed by atoms with Crippen LogP contribution in [0.15, 0.2) is 61.2 Å². The number of rotatable bonds is 6. The summed E-state index contributed by atoms with van der Waals surface area (Å²) in [5.74, 6) is -0.278. The van der Waals surface area contributed by atoms with Crippen LogP contribution in [-0.2, 0) is 11.3 Å². The van der Waals surface area contributed by atoms with Crippen molar-refractivity contribution < 1.29 is 14.3 Å². The van der Waals surface area contributed by atoms with E-state index in [0.29, 0.717) is 12.0 Å². The van der Waals surface area contributed by atoms with E-state index in [1.807, 2.05) is 83.1 Å². The predicted octanol–water partition coefficient (Wildman–Crippen LogP) is 5.58. The Bertz CT molecular complexity index is 865. The van der Waals surface area contributed by atoms with E-state index in [-0.39, 0.29) is 24.0 Å². The molecule has 5 heteroatoms. The number of ether oxygens (including phenoxy) is 1. The number of carbonyl (C=O) groups is 2. The van der Waals surface area contributed by atoms with Gasteiger partial charge in [-0.05, 0) is 43.4 Å². The number of nitrogens with zero attached hydrogens (tertiary/aromatic N) is 1. The van der Waals surface area contributed by atoms with E-state index in [9.17, 15) is 9.59 Å². The second-order valence-corrected chi connectivity index (χ2v) is 8.63. The van der Waals surface area contributed by atoms with E-state index in [4.69, 9.17) is 4.74 Å². The minimum atomic E-state index is -0.671. The summed E-state index contributed by atoms with van der Waals surface area (Å²) in [6.07, 6.45) is 1.61. The maximum absolute atomic E-state index is 13.4. The van der Waals surface area contributed by atoms with Crippen molar-refractivity contribution in [2.75, 3.05) is 0 Å². The van der Waals surface area contributed by atoms with Gasteiger partial charge in [-0.1, -0.05) is 74.4 Å². The Morgan fingerprint density at radius 1 is 1.10 bits per heavy atom. The Morgan fingerprint density at radius 2 is 1.70 bits per heavy atom. The molecule has 1 N–H and O–H groups in total. The number of hydrogen-bond acceptors (Lipinski definition) is 3. The molecule has 1 unspecified atom stereocenters. The molecule has 1 atom stereocenters. The number of carbonyl (C=O) groups excluding carboxylic acids is 2. The Morgan fingerprint density at radius 3 is 2.23 bits per heavy atom. The molecule has 160 valence electrons. The van der Waals surface area contributed by atoms with Gasteiger partial charge in [0, 0.05) is 5.56 Å². The highest BCUT2D eigenvalue weighted by molar-refractivity contribution is 5.95. The number of aryl methyl sites for hydroxylation is 2. The Balaban J connectivity index is 2.28. The molecule has 2 rings (SSSR count). The van der Waals surface area contributed by atoms with Gasteiger partial charge in [0.25, 0.3) is 5.91 Å². The average molecular weight is 409 g/mol. The maximum Gasteiger partial charge on any atom is 0.426 e. The van der Waals surface area contributed by atoms with Crippen molar-refractivity contribution in [3.05, 3.63) is 83.4 Å². The topological polar surface area (TPSA) is 58.6 Å². The van der Waals surface area contributed by atoms with Gasteiger partial charge in [0.1, 0.15) is 6.61 Å². The van der Waals surface area contributed by atoms with Gasteiger partial charge in [0.15, 0.2) is 0 Å². The van der Waals surface area contributed by atoms with E-state index in [2.05, 4.69) is 12.0 Å². The SMILES string of the molecule is C=CCC(N(NC(=O)OCc1ccccc1)C(=O)c1cc(C)cc(C)c1)C(C)(C)C. The van der Waals surface area contributed by atoms with Gasteiger partial charge < -0.3 is 4.74 Å². The summed E-state index contributed by atoms with van der Waals surface area (Å²) in [6.45, 7) is 13.9. The zero-order valence-corrected chi connectivity index (χ0v) is 18.6. The molecule has 0 saturated heterocycles. The highest BCUT2D eigenvalue weighted by Crippen LogP contribution is 2.28. The van der Waals surface area contributed by atoms with Gasteiger partial charge in [-0.25, -0.2) is 15.2 Å². The van der Waals surface area contributed by atoms with Gasteiger partial charge in [-0.15, -0.1) is 6.58 Å². The summed E-state index contributed by atoms with van der Waals surface area (Å²) in [5, 5.41) is 1.39. The van der Waals surface area contributed by atoms with Crippen molar-refractivity contribution in [2.45, 2.75) is 53.7 Å². The van der Waals surface area contributed by atoms with Crippen LogP contribution >= 0.6 is 0 Å². The van der Waals surface area contributed by atoms with Crippen LogP contribution in [0.3, 0.4) is 0 Å². The first kappa shape index (κ1) is 23.2. The monoisotopic (exact) mass is 408 g/mol. The minimum Gasteiger partial charge on any atom is -0.443 e. The Kier molecular flexibility index (Phi) is 7.81. The largest absolute Gasteiger partial charge is 0.443 e. The number of nitrogens with one attached hydrogen (secondary N) is 1. The molecule has 0 aliphatic rings. The third-order valence-corrected chi connectivity index (χ3v) is 4.81. The summed E-state index contributed by atoms with van der Waals surface area (Å²) in [5.41, 5.74) is 5.76. The van der Waals surface area contributed by atoms with Crippen molar-refractivity contribution >= 4 is 12.0 Å². The van der Waals surface area contributed by atoms with E-state index in [0.717, 1.165) is 16.7 Å². The van der Waals surface area contributed by atoms with E-state index in [1.165, 1.54) is 5.01 Å². The second kappa shape index (κ2) is 10.1. The fraction of sp³-hybridized carbons (Fsp3) is 0.360. The number of benzene rings is 2. The summed E-state index contributed by atoms with van der Waals surface area (Å²) in [6, 6.07) is 14.8. The molecule has 0 radical (unpaired) electrons. The van der Waals surface area contributed by atoms with Gasteiger partial charge in [-0.3, -0.25) is 4.79 Å². The molecule has 0 spiro atoms. The van der Waals surface area contributed by atoms with Crippen LogP contribution in [0.4, 0.5) is 4.79 Å². The molecule has 30 heavy (non-hydrogen) atoms. The van der Waals surface area contributed by atoms with Gasteiger partial charge in [0.2, 0.25) is 0 Å². The normalized spacial score (nSPS) is 12.0. The molecule has 0 heterocycles. The zero-order valence-electron chi connectivity index (χ0n) is 18.6. The molecule has 0 saturated carbocycles. The first-order valence-corrected chi connectivity index (χ1v) is 10.1. The highest BCUT2D eigenvalue weighted by Gasteiger charge is 2.35. The molecule has 5 nitrogen and oxygen atoms in total. The lowest BCUT2D eigenvalue weighted by Crippen LogP contribution is -2.56. The molecule has 0 bridgehead atoms. The fourth-order valence-electron chi connectivity index (χ4n) is 3.37. The van der Waals surface area contributed by atoms with Crippen LogP contribution in [0.2, 0.25) is 0 Å². The summed E-state index contributed by atoms with van der Waals surface area (Å²) in [7, 11) is 0.